The van der Waals surface area contributed by atoms with Crippen molar-refractivity contribution in [2.24, 2.45) is 0 Å². The van der Waals surface area contributed by atoms with Gasteiger partial charge < -0.3 is 9.67 Å². The summed E-state index contributed by atoms with van der Waals surface area (Å²) in [6, 6.07) is 26.6. The molecule has 3 heteroatoms. The molecule has 0 spiro atoms. The molecule has 25 heavy (non-hydrogen) atoms. The predicted molar refractivity (Wildman–Crippen MR) is 104 cm³/mol. The maximum atomic E-state index is 9.78. The average Bonchev–Trinajstić information content (AvgIpc) is 3.00. The number of hydrogen-bond acceptors (Lipinski definition) is 1. The molecule has 4 aromatic rings. The van der Waals surface area contributed by atoms with Crippen LogP contribution in [0.5, 0.6) is 0 Å². The standard InChI is InChI=1S/C22H18ClNO/c23-20-9-6-17(7-10-20)18-8-11-22-19(12-18)13-21(15-25)24(22)14-16-4-2-1-3-5-16/h1-13,25H,14-15H2. The zero-order chi connectivity index (χ0) is 17.2. The Morgan fingerprint density at radius 1 is 0.800 bits per heavy atom. The SMILES string of the molecule is OCc1cc2cc(-c3ccc(Cl)cc3)ccc2n1Cc1ccccc1. The van der Waals surface area contributed by atoms with Crippen LogP contribution in [0, 0.1) is 0 Å². The van der Waals surface area contributed by atoms with Crippen LogP contribution in [-0.2, 0) is 13.2 Å². The first kappa shape index (κ1) is 15.9. The van der Waals surface area contributed by atoms with Gasteiger partial charge in [-0.3, -0.25) is 0 Å². The van der Waals surface area contributed by atoms with Crippen LogP contribution in [0.1, 0.15) is 11.3 Å². The lowest BCUT2D eigenvalue weighted by molar-refractivity contribution is 0.272. The molecule has 1 aromatic heterocycles. The minimum atomic E-state index is 0.0256. The van der Waals surface area contributed by atoms with E-state index in [9.17, 15) is 5.11 Å². The fraction of sp³-hybridized carbons (Fsp3) is 0.0909. The van der Waals surface area contributed by atoms with E-state index in [4.69, 9.17) is 11.6 Å². The minimum Gasteiger partial charge on any atom is -0.390 e. The van der Waals surface area contributed by atoms with Crippen LogP contribution in [-0.4, -0.2) is 9.67 Å². The van der Waals surface area contributed by atoms with Gasteiger partial charge in [-0.2, -0.15) is 0 Å². The number of fused-ring (bicyclic) bond motifs is 1. The second-order valence-corrected chi connectivity index (χ2v) is 6.58. The van der Waals surface area contributed by atoms with Gasteiger partial charge in [0.2, 0.25) is 0 Å². The van der Waals surface area contributed by atoms with Gasteiger partial charge in [0.1, 0.15) is 0 Å². The molecule has 0 atom stereocenters. The molecule has 4 rings (SSSR count). The predicted octanol–water partition coefficient (Wildman–Crippen LogP) is 5.50. The maximum absolute atomic E-state index is 9.78. The highest BCUT2D eigenvalue weighted by molar-refractivity contribution is 6.30. The van der Waals surface area contributed by atoms with Crippen molar-refractivity contribution in [3.63, 3.8) is 0 Å². The van der Waals surface area contributed by atoms with E-state index in [0.29, 0.717) is 0 Å². The molecular formula is C22H18ClNO. The number of nitrogens with zero attached hydrogens (tertiary/aromatic N) is 1. The molecule has 0 radical (unpaired) electrons. The molecule has 0 fully saturated rings. The molecule has 0 bridgehead atoms. The van der Waals surface area contributed by atoms with Gasteiger partial charge in [0, 0.05) is 28.2 Å². The largest absolute Gasteiger partial charge is 0.390 e. The van der Waals surface area contributed by atoms with Gasteiger partial charge in [-0.25, -0.2) is 0 Å². The van der Waals surface area contributed by atoms with Crippen molar-refractivity contribution in [3.8, 4) is 11.1 Å². The van der Waals surface area contributed by atoms with Crippen LogP contribution in [0.3, 0.4) is 0 Å². The Morgan fingerprint density at radius 3 is 2.24 bits per heavy atom. The fourth-order valence-electron chi connectivity index (χ4n) is 3.23. The van der Waals surface area contributed by atoms with Gasteiger partial charge in [0.15, 0.2) is 0 Å². The summed E-state index contributed by atoms with van der Waals surface area (Å²) in [5.74, 6) is 0. The molecule has 0 aliphatic heterocycles. The third kappa shape index (κ3) is 3.19. The van der Waals surface area contributed by atoms with Gasteiger partial charge in [-0.1, -0.05) is 60.1 Å². The van der Waals surface area contributed by atoms with Crippen LogP contribution >= 0.6 is 11.6 Å². The number of halogens is 1. The molecule has 1 N–H and O–H groups in total. The molecule has 3 aromatic carbocycles. The molecule has 0 amide bonds. The quantitative estimate of drug-likeness (QED) is 0.518. The van der Waals surface area contributed by atoms with E-state index < -0.39 is 0 Å². The van der Waals surface area contributed by atoms with Crippen molar-refractivity contribution in [1.82, 2.24) is 4.57 Å². The lowest BCUT2D eigenvalue weighted by atomic mass is 10.0. The summed E-state index contributed by atoms with van der Waals surface area (Å²) in [4.78, 5) is 0. The molecule has 2 nitrogen and oxygen atoms in total. The van der Waals surface area contributed by atoms with Crippen molar-refractivity contribution >= 4 is 22.5 Å². The van der Waals surface area contributed by atoms with E-state index in [2.05, 4.69) is 41.0 Å². The summed E-state index contributed by atoms with van der Waals surface area (Å²) in [5.41, 5.74) is 5.55. The van der Waals surface area contributed by atoms with Gasteiger partial charge in [0.25, 0.3) is 0 Å². The summed E-state index contributed by atoms with van der Waals surface area (Å²) < 4.78 is 2.18. The van der Waals surface area contributed by atoms with Gasteiger partial charge in [0.05, 0.1) is 6.61 Å². The zero-order valence-corrected chi connectivity index (χ0v) is 14.4. The Labute approximate surface area is 151 Å². The van der Waals surface area contributed by atoms with Gasteiger partial charge in [-0.05, 0) is 47.0 Å². The Bertz CT molecular complexity index is 1000. The first-order valence-corrected chi connectivity index (χ1v) is 8.65. The van der Waals surface area contributed by atoms with Crippen molar-refractivity contribution in [2.45, 2.75) is 13.2 Å². The smallest absolute Gasteiger partial charge is 0.0833 e. The second kappa shape index (κ2) is 6.75. The molecule has 0 unspecified atom stereocenters. The minimum absolute atomic E-state index is 0.0256. The summed E-state index contributed by atoms with van der Waals surface area (Å²) in [6.45, 7) is 0.776. The Morgan fingerprint density at radius 2 is 1.52 bits per heavy atom. The molecule has 0 aliphatic carbocycles. The third-order valence-electron chi connectivity index (χ3n) is 4.51. The molecule has 0 aliphatic rings. The van der Waals surface area contributed by atoms with E-state index in [1.165, 1.54) is 5.56 Å². The first-order valence-electron chi connectivity index (χ1n) is 8.27. The normalized spacial score (nSPS) is 11.1. The van der Waals surface area contributed by atoms with E-state index in [-0.39, 0.29) is 6.61 Å². The average molecular weight is 348 g/mol. The molecule has 1 heterocycles. The van der Waals surface area contributed by atoms with Crippen molar-refractivity contribution < 1.29 is 5.11 Å². The van der Waals surface area contributed by atoms with Crippen LogP contribution in [0.15, 0.2) is 78.9 Å². The number of rotatable bonds is 4. The Kier molecular flexibility index (Phi) is 4.31. The number of benzene rings is 3. The Hall–Kier alpha value is -2.55. The highest BCUT2D eigenvalue weighted by atomic mass is 35.5. The van der Waals surface area contributed by atoms with Crippen molar-refractivity contribution in [1.29, 1.82) is 0 Å². The third-order valence-corrected chi connectivity index (χ3v) is 4.76. The highest BCUT2D eigenvalue weighted by Gasteiger charge is 2.10. The number of aliphatic hydroxyl groups excluding tert-OH is 1. The van der Waals surface area contributed by atoms with E-state index in [1.807, 2.05) is 42.5 Å². The fourth-order valence-corrected chi connectivity index (χ4v) is 3.36. The van der Waals surface area contributed by atoms with Crippen molar-refractivity contribution in [3.05, 3.63) is 95.1 Å². The number of aromatic nitrogens is 1. The number of aliphatic hydroxyl groups is 1. The summed E-state index contributed by atoms with van der Waals surface area (Å²) in [5, 5.41) is 11.6. The Balaban J connectivity index is 1.78. The van der Waals surface area contributed by atoms with Crippen LogP contribution in [0.4, 0.5) is 0 Å². The maximum Gasteiger partial charge on any atom is 0.0833 e. The van der Waals surface area contributed by atoms with Gasteiger partial charge >= 0.3 is 0 Å². The summed E-state index contributed by atoms with van der Waals surface area (Å²) >= 11 is 5.98. The van der Waals surface area contributed by atoms with Crippen LogP contribution in [0.2, 0.25) is 5.02 Å². The van der Waals surface area contributed by atoms with Crippen LogP contribution < -0.4 is 0 Å². The zero-order valence-electron chi connectivity index (χ0n) is 13.7. The molecular weight excluding hydrogens is 330 g/mol. The number of hydrogen-bond donors (Lipinski definition) is 1. The lowest BCUT2D eigenvalue weighted by Gasteiger charge is -2.10. The van der Waals surface area contributed by atoms with E-state index >= 15 is 0 Å². The topological polar surface area (TPSA) is 25.2 Å². The van der Waals surface area contributed by atoms with E-state index in [1.54, 1.807) is 0 Å². The monoisotopic (exact) mass is 347 g/mol. The summed E-state index contributed by atoms with van der Waals surface area (Å²) in [6.07, 6.45) is 0. The molecule has 124 valence electrons. The highest BCUT2D eigenvalue weighted by Crippen LogP contribution is 2.28. The summed E-state index contributed by atoms with van der Waals surface area (Å²) in [7, 11) is 0. The first-order chi connectivity index (χ1) is 12.2. The van der Waals surface area contributed by atoms with Crippen LogP contribution in [0.25, 0.3) is 22.0 Å². The van der Waals surface area contributed by atoms with Gasteiger partial charge in [-0.15, -0.1) is 0 Å². The molecule has 0 saturated heterocycles. The lowest BCUT2D eigenvalue weighted by Crippen LogP contribution is -2.04. The van der Waals surface area contributed by atoms with Crippen molar-refractivity contribution in [2.75, 3.05) is 0 Å². The second-order valence-electron chi connectivity index (χ2n) is 6.15. The molecule has 0 saturated carbocycles. The van der Waals surface area contributed by atoms with E-state index in [0.717, 1.165) is 39.3 Å².